The molecule has 1 aliphatic rings. The topological polar surface area (TPSA) is 61.9 Å². The van der Waals surface area contributed by atoms with Crippen LogP contribution in [0.25, 0.3) is 6.08 Å². The van der Waals surface area contributed by atoms with Gasteiger partial charge in [-0.15, -0.1) is 0 Å². The van der Waals surface area contributed by atoms with Gasteiger partial charge in [-0.25, -0.2) is 4.79 Å². The molecule has 0 unspecified atom stereocenters. The summed E-state index contributed by atoms with van der Waals surface area (Å²) in [6.07, 6.45) is -9.12. The molecular weight excluding hydrogens is 524 g/mol. The number of halogens is 6. The first-order valence-corrected chi connectivity index (χ1v) is 11.7. The Balaban J connectivity index is 2.01. The molecule has 0 bridgehead atoms. The summed E-state index contributed by atoms with van der Waals surface area (Å²) >= 11 is 0.479. The number of morpholine rings is 1. The summed E-state index contributed by atoms with van der Waals surface area (Å²) in [5.41, 5.74) is -4.26. The largest absolute Gasteiger partial charge is 0.418 e. The molecule has 3 rings (SSSR count). The highest BCUT2D eigenvalue weighted by molar-refractivity contribution is 7.99. The van der Waals surface area contributed by atoms with Crippen LogP contribution in [0, 0.1) is 0 Å². The van der Waals surface area contributed by atoms with Crippen LogP contribution < -0.4 is 5.32 Å². The van der Waals surface area contributed by atoms with E-state index in [2.05, 4.69) is 5.32 Å². The van der Waals surface area contributed by atoms with Crippen LogP contribution in [0.5, 0.6) is 0 Å². The number of amides is 3. The number of alkyl halides is 6. The number of ether oxygens (including phenoxy) is 1. The lowest BCUT2D eigenvalue weighted by atomic mass is 9.99. The van der Waals surface area contributed by atoms with Crippen LogP contribution in [0.1, 0.15) is 16.7 Å². The van der Waals surface area contributed by atoms with Crippen molar-refractivity contribution in [3.63, 3.8) is 0 Å². The quantitative estimate of drug-likeness (QED) is 0.378. The zero-order valence-electron chi connectivity index (χ0n) is 19.7. The number of rotatable bonds is 5. The summed E-state index contributed by atoms with van der Waals surface area (Å²) in [5.74, 6) is -0.625. The van der Waals surface area contributed by atoms with E-state index in [-0.39, 0.29) is 36.9 Å². The molecule has 0 atom stereocenters. The smallest absolute Gasteiger partial charge is 0.378 e. The Morgan fingerprint density at radius 1 is 1.00 bits per heavy atom. The predicted octanol–water partition coefficient (Wildman–Crippen LogP) is 5.84. The number of hydrogen-bond acceptors (Lipinski definition) is 4. The molecule has 1 fully saturated rings. The number of anilines is 1. The second-order valence-electron chi connectivity index (χ2n) is 8.12. The Kier molecular flexibility index (Phi) is 8.80. The lowest BCUT2D eigenvalue weighted by molar-refractivity contribution is -0.163. The third-order valence-corrected chi connectivity index (χ3v) is 6.26. The van der Waals surface area contributed by atoms with Crippen LogP contribution in [0.15, 0.2) is 52.3 Å². The van der Waals surface area contributed by atoms with Gasteiger partial charge in [-0.2, -0.15) is 26.3 Å². The Bertz CT molecular complexity index is 1180. The molecular formula is C24H23F6N3O3S. The molecule has 1 saturated heterocycles. The fraction of sp³-hybridized carbons (Fsp3) is 0.333. The summed E-state index contributed by atoms with van der Waals surface area (Å²) in [4.78, 5) is 26.3. The Morgan fingerprint density at radius 3 is 2.24 bits per heavy atom. The van der Waals surface area contributed by atoms with Gasteiger partial charge in [0.2, 0.25) is 5.91 Å². The molecule has 3 amide bonds. The van der Waals surface area contributed by atoms with E-state index in [1.165, 1.54) is 48.2 Å². The molecule has 0 saturated carbocycles. The minimum Gasteiger partial charge on any atom is -0.378 e. The number of carbonyl (C=O) groups excluding carboxylic acids is 2. The first-order valence-electron chi connectivity index (χ1n) is 10.9. The molecule has 0 radical (unpaired) electrons. The number of nitrogens with one attached hydrogen (secondary N) is 1. The molecule has 0 aromatic heterocycles. The lowest BCUT2D eigenvalue weighted by Gasteiger charge is -2.25. The van der Waals surface area contributed by atoms with E-state index in [9.17, 15) is 35.9 Å². The zero-order valence-corrected chi connectivity index (χ0v) is 20.6. The molecule has 0 aliphatic carbocycles. The number of hydrogen-bond donors (Lipinski definition) is 1. The van der Waals surface area contributed by atoms with E-state index in [0.717, 1.165) is 24.3 Å². The van der Waals surface area contributed by atoms with Gasteiger partial charge in [-0.05, 0) is 35.9 Å². The van der Waals surface area contributed by atoms with Crippen molar-refractivity contribution in [2.24, 2.45) is 0 Å². The van der Waals surface area contributed by atoms with Crippen molar-refractivity contribution in [1.82, 2.24) is 9.80 Å². The fourth-order valence-electron chi connectivity index (χ4n) is 3.46. The van der Waals surface area contributed by atoms with Gasteiger partial charge < -0.3 is 19.9 Å². The maximum Gasteiger partial charge on any atom is 0.418 e. The summed E-state index contributed by atoms with van der Waals surface area (Å²) < 4.78 is 89.3. The van der Waals surface area contributed by atoms with Crippen LogP contribution in [0.3, 0.4) is 0 Å². The SMILES string of the molecule is CN(C)C(=O)Nc1cccc(Sc2ccc(/C=C/C(=O)N3CCOCC3)c(C(F)(F)F)c2C(F)(F)F)c1. The van der Waals surface area contributed by atoms with Gasteiger partial charge in [-0.3, -0.25) is 4.79 Å². The molecule has 6 nitrogen and oxygen atoms in total. The van der Waals surface area contributed by atoms with Gasteiger partial charge in [0.05, 0.1) is 24.3 Å². The Labute approximate surface area is 213 Å². The number of benzene rings is 2. The second-order valence-corrected chi connectivity index (χ2v) is 9.24. The molecule has 13 heteroatoms. The van der Waals surface area contributed by atoms with E-state index in [1.807, 2.05) is 0 Å². The van der Waals surface area contributed by atoms with Crippen LogP contribution in [0.2, 0.25) is 0 Å². The van der Waals surface area contributed by atoms with Crippen molar-refractivity contribution in [3.8, 4) is 0 Å². The van der Waals surface area contributed by atoms with Gasteiger partial charge in [0.1, 0.15) is 0 Å². The number of carbonyl (C=O) groups is 2. The van der Waals surface area contributed by atoms with Crippen molar-refractivity contribution in [1.29, 1.82) is 0 Å². The molecule has 1 N–H and O–H groups in total. The van der Waals surface area contributed by atoms with Gasteiger partial charge in [0.15, 0.2) is 0 Å². The van der Waals surface area contributed by atoms with Gasteiger partial charge in [-0.1, -0.05) is 23.9 Å². The van der Waals surface area contributed by atoms with Crippen molar-refractivity contribution in [3.05, 3.63) is 59.2 Å². The highest BCUT2D eigenvalue weighted by atomic mass is 32.2. The van der Waals surface area contributed by atoms with Crippen molar-refractivity contribution >= 4 is 35.5 Å². The highest BCUT2D eigenvalue weighted by Crippen LogP contribution is 2.48. The van der Waals surface area contributed by atoms with Gasteiger partial charge >= 0.3 is 18.4 Å². The van der Waals surface area contributed by atoms with E-state index >= 15 is 0 Å². The minimum absolute atomic E-state index is 0.181. The second kappa shape index (κ2) is 11.5. The maximum absolute atomic E-state index is 14.1. The third-order valence-electron chi connectivity index (χ3n) is 5.21. The summed E-state index contributed by atoms with van der Waals surface area (Å²) in [7, 11) is 2.99. The molecule has 37 heavy (non-hydrogen) atoms. The number of nitrogens with zero attached hydrogens (tertiary/aromatic N) is 2. The normalized spacial score (nSPS) is 14.6. The monoisotopic (exact) mass is 547 g/mol. The van der Waals surface area contributed by atoms with E-state index in [0.29, 0.717) is 11.8 Å². The zero-order chi connectivity index (χ0) is 27.4. The Morgan fingerprint density at radius 2 is 1.65 bits per heavy atom. The first kappa shape index (κ1) is 28.4. The number of urea groups is 1. The predicted molar refractivity (Wildman–Crippen MR) is 126 cm³/mol. The van der Waals surface area contributed by atoms with E-state index in [1.54, 1.807) is 0 Å². The summed E-state index contributed by atoms with van der Waals surface area (Å²) in [6, 6.07) is 7.08. The molecule has 1 aliphatic heterocycles. The van der Waals surface area contributed by atoms with Crippen LogP contribution in [0.4, 0.5) is 36.8 Å². The maximum atomic E-state index is 14.1. The average molecular weight is 548 g/mol. The minimum atomic E-state index is -5.36. The summed E-state index contributed by atoms with van der Waals surface area (Å²) in [6.45, 7) is 0.981. The van der Waals surface area contributed by atoms with Crippen LogP contribution in [-0.2, 0) is 21.9 Å². The Hall–Kier alpha value is -3.19. The summed E-state index contributed by atoms with van der Waals surface area (Å²) in [5, 5.41) is 2.53. The van der Waals surface area contributed by atoms with Crippen molar-refractivity contribution < 1.29 is 40.7 Å². The fourth-order valence-corrected chi connectivity index (χ4v) is 4.50. The van der Waals surface area contributed by atoms with Gasteiger partial charge in [0, 0.05) is 48.7 Å². The highest BCUT2D eigenvalue weighted by Gasteiger charge is 2.46. The molecule has 1 heterocycles. The van der Waals surface area contributed by atoms with E-state index in [4.69, 9.17) is 4.74 Å². The average Bonchev–Trinajstić information content (AvgIpc) is 2.82. The lowest BCUT2D eigenvalue weighted by Crippen LogP contribution is -2.39. The van der Waals surface area contributed by atoms with E-state index < -0.39 is 45.9 Å². The molecule has 200 valence electrons. The molecule has 2 aromatic rings. The standard InChI is InChI=1S/C24H23F6N3O3S/c1-32(2)22(35)31-16-4-3-5-17(14-16)37-18-8-6-15(7-9-19(34)33-10-12-36-13-11-33)20(23(25,26)27)21(18)24(28,29)30/h3-9,14H,10-13H2,1-2H3,(H,31,35)/b9-7+. The van der Waals surface area contributed by atoms with Crippen molar-refractivity contribution in [2.45, 2.75) is 22.1 Å². The van der Waals surface area contributed by atoms with Crippen LogP contribution >= 0.6 is 11.8 Å². The third kappa shape index (κ3) is 7.41. The van der Waals surface area contributed by atoms with Gasteiger partial charge in [0.25, 0.3) is 0 Å². The van der Waals surface area contributed by atoms with Crippen LogP contribution in [-0.4, -0.2) is 62.1 Å². The molecule has 0 spiro atoms. The molecule has 2 aromatic carbocycles. The first-order chi connectivity index (χ1) is 17.3. The van der Waals surface area contributed by atoms with Crippen molar-refractivity contribution in [2.75, 3.05) is 45.7 Å².